The molecule has 0 aliphatic carbocycles. The van der Waals surface area contributed by atoms with E-state index in [1.165, 1.54) is 24.3 Å². The van der Waals surface area contributed by atoms with E-state index in [0.29, 0.717) is 11.8 Å². The summed E-state index contributed by atoms with van der Waals surface area (Å²) in [5.74, 6) is -0.974. The highest BCUT2D eigenvalue weighted by atomic mass is 32.2. The Morgan fingerprint density at radius 3 is 2.17 bits per heavy atom. The Kier molecular flexibility index (Phi) is 6.09. The molecule has 0 aliphatic rings. The molecule has 0 bridgehead atoms. The molecule has 0 aliphatic heterocycles. The molecule has 148 valence electrons. The molecule has 3 rings (SSSR count). The number of aryl methyl sites for hydroxylation is 1. The van der Waals surface area contributed by atoms with Gasteiger partial charge >= 0.3 is 16.1 Å². The number of carbonyl (C=O) groups excluding carboxylic acids is 2. The number of benzene rings is 3. The second-order valence-corrected chi connectivity index (χ2v) is 7.78. The summed E-state index contributed by atoms with van der Waals surface area (Å²) in [6.07, 6.45) is -0.788. The largest absolute Gasteiger partial charge is 0.473 e. The number of rotatable bonds is 7. The van der Waals surface area contributed by atoms with Crippen LogP contribution in [0.4, 0.5) is 0 Å². The Hall–Kier alpha value is -3.45. The van der Waals surface area contributed by atoms with Gasteiger partial charge in [0.25, 0.3) is 0 Å². The average Bonchev–Trinajstić information content (AvgIpc) is 2.72. The zero-order valence-electron chi connectivity index (χ0n) is 15.5. The van der Waals surface area contributed by atoms with Crippen LogP contribution in [0.2, 0.25) is 0 Å². The van der Waals surface area contributed by atoms with Crippen molar-refractivity contribution in [2.24, 2.45) is 0 Å². The number of carbonyl (C=O) groups is 2. The second kappa shape index (κ2) is 8.70. The van der Waals surface area contributed by atoms with Crippen LogP contribution in [0, 0.1) is 6.92 Å². The quantitative estimate of drug-likeness (QED) is 0.434. The van der Waals surface area contributed by atoms with E-state index in [1.54, 1.807) is 54.6 Å². The van der Waals surface area contributed by atoms with Crippen LogP contribution in [0.1, 0.15) is 27.6 Å². The first-order chi connectivity index (χ1) is 13.9. The molecular weight excluding hydrogens is 392 g/mol. The lowest BCUT2D eigenvalue weighted by atomic mass is 10.1. The highest BCUT2D eigenvalue weighted by Crippen LogP contribution is 2.27. The van der Waals surface area contributed by atoms with Crippen LogP contribution in [0.5, 0.6) is 5.75 Å². The molecule has 0 aromatic heterocycles. The first-order valence-corrected chi connectivity index (χ1v) is 10.1. The van der Waals surface area contributed by atoms with Gasteiger partial charge in [0.15, 0.2) is 6.29 Å². The van der Waals surface area contributed by atoms with Gasteiger partial charge in [0.05, 0.1) is 5.56 Å². The first kappa shape index (κ1) is 20.3. The van der Waals surface area contributed by atoms with Crippen LogP contribution in [0.15, 0.2) is 83.8 Å². The van der Waals surface area contributed by atoms with Crippen molar-refractivity contribution in [3.8, 4) is 5.75 Å². The summed E-state index contributed by atoms with van der Waals surface area (Å²) in [7, 11) is -4.34. The van der Waals surface area contributed by atoms with Gasteiger partial charge in [0, 0.05) is 5.56 Å². The van der Waals surface area contributed by atoms with Crippen LogP contribution in [-0.4, -0.2) is 20.7 Å². The van der Waals surface area contributed by atoms with Crippen molar-refractivity contribution in [3.05, 3.63) is 95.6 Å². The predicted octanol–water partition coefficient (Wildman–Crippen LogP) is 3.86. The molecule has 0 N–H and O–H groups in total. The van der Waals surface area contributed by atoms with Gasteiger partial charge < -0.3 is 8.92 Å². The summed E-state index contributed by atoms with van der Waals surface area (Å²) >= 11 is 0. The van der Waals surface area contributed by atoms with E-state index in [1.807, 2.05) is 6.92 Å². The number of hydrogen-bond acceptors (Lipinski definition) is 6. The Balaban J connectivity index is 1.92. The lowest BCUT2D eigenvalue weighted by Gasteiger charge is -2.19. The smallest absolute Gasteiger partial charge is 0.367 e. The molecule has 7 heteroatoms. The van der Waals surface area contributed by atoms with Gasteiger partial charge in [-0.25, -0.2) is 4.79 Å². The standard InChI is InChI=1S/C22H18O6S/c1-16-11-13-19(14-12-16)29(25,26)28-22(24)21(17-7-3-2-4-8-17)27-20-10-6-5-9-18(20)15-23/h2-15,21H,1H3. The molecule has 1 unspecified atom stereocenters. The third kappa shape index (κ3) is 4.89. The molecule has 1 atom stereocenters. The molecule has 0 saturated carbocycles. The van der Waals surface area contributed by atoms with Gasteiger partial charge in [0.1, 0.15) is 10.6 Å². The molecule has 0 amide bonds. The SMILES string of the molecule is Cc1ccc(S(=O)(=O)OC(=O)C(Oc2ccccc2C=O)c2ccccc2)cc1. The van der Waals surface area contributed by atoms with Gasteiger partial charge in [-0.05, 0) is 31.2 Å². The molecule has 0 spiro atoms. The topological polar surface area (TPSA) is 86.7 Å². The maximum atomic E-state index is 12.8. The first-order valence-electron chi connectivity index (χ1n) is 8.71. The molecule has 0 fully saturated rings. The maximum absolute atomic E-state index is 12.8. The third-order valence-corrected chi connectivity index (χ3v) is 5.34. The summed E-state index contributed by atoms with van der Waals surface area (Å²) in [5.41, 5.74) is 1.48. The van der Waals surface area contributed by atoms with Crippen LogP contribution in [-0.2, 0) is 19.1 Å². The summed E-state index contributed by atoms with van der Waals surface area (Å²) in [6, 6.07) is 20.6. The number of ether oxygens (including phenoxy) is 1. The molecule has 6 nitrogen and oxygen atoms in total. The van der Waals surface area contributed by atoms with Gasteiger partial charge in [-0.15, -0.1) is 0 Å². The fraction of sp³-hybridized carbons (Fsp3) is 0.0909. The number of para-hydroxylation sites is 1. The summed E-state index contributed by atoms with van der Waals surface area (Å²) in [6.45, 7) is 1.81. The van der Waals surface area contributed by atoms with Gasteiger partial charge in [-0.3, -0.25) is 4.79 Å². The lowest BCUT2D eigenvalue weighted by molar-refractivity contribution is -0.142. The Labute approximate surface area is 168 Å². The molecule has 3 aromatic carbocycles. The predicted molar refractivity (Wildman–Crippen MR) is 106 cm³/mol. The van der Waals surface area contributed by atoms with Gasteiger partial charge in [-0.1, -0.05) is 60.2 Å². The molecule has 3 aromatic rings. The van der Waals surface area contributed by atoms with Gasteiger partial charge in [-0.2, -0.15) is 8.42 Å². The minimum atomic E-state index is -4.34. The van der Waals surface area contributed by atoms with E-state index >= 15 is 0 Å². The van der Waals surface area contributed by atoms with Gasteiger partial charge in [0.2, 0.25) is 6.10 Å². The zero-order chi connectivity index (χ0) is 20.9. The fourth-order valence-electron chi connectivity index (χ4n) is 2.60. The van der Waals surface area contributed by atoms with Crippen molar-refractivity contribution in [2.75, 3.05) is 0 Å². The van der Waals surface area contributed by atoms with Crippen LogP contribution in [0.25, 0.3) is 0 Å². The molecule has 0 heterocycles. The zero-order valence-corrected chi connectivity index (χ0v) is 16.3. The van der Waals surface area contributed by atoms with E-state index in [-0.39, 0.29) is 16.2 Å². The van der Waals surface area contributed by atoms with Crippen LogP contribution < -0.4 is 4.74 Å². The second-order valence-electron chi connectivity index (χ2n) is 6.23. The van der Waals surface area contributed by atoms with Crippen LogP contribution >= 0.6 is 0 Å². The molecule has 0 saturated heterocycles. The Morgan fingerprint density at radius 1 is 0.897 bits per heavy atom. The van der Waals surface area contributed by atoms with Crippen LogP contribution in [0.3, 0.4) is 0 Å². The van der Waals surface area contributed by atoms with Crippen molar-refractivity contribution in [1.82, 2.24) is 0 Å². The Morgan fingerprint density at radius 2 is 1.52 bits per heavy atom. The van der Waals surface area contributed by atoms with E-state index < -0.39 is 22.2 Å². The van der Waals surface area contributed by atoms with E-state index in [4.69, 9.17) is 8.92 Å². The lowest BCUT2D eigenvalue weighted by Crippen LogP contribution is -2.24. The highest BCUT2D eigenvalue weighted by Gasteiger charge is 2.30. The minimum absolute atomic E-state index is 0.140. The van der Waals surface area contributed by atoms with E-state index in [0.717, 1.165) is 5.56 Å². The van der Waals surface area contributed by atoms with Crippen molar-refractivity contribution in [1.29, 1.82) is 0 Å². The molecular formula is C22H18O6S. The molecule has 0 radical (unpaired) electrons. The van der Waals surface area contributed by atoms with Crippen molar-refractivity contribution in [3.63, 3.8) is 0 Å². The monoisotopic (exact) mass is 410 g/mol. The average molecular weight is 410 g/mol. The third-order valence-electron chi connectivity index (χ3n) is 4.11. The molecule has 29 heavy (non-hydrogen) atoms. The van der Waals surface area contributed by atoms with Crippen molar-refractivity contribution in [2.45, 2.75) is 17.9 Å². The Bertz CT molecular complexity index is 1110. The summed E-state index contributed by atoms with van der Waals surface area (Å²) in [4.78, 5) is 23.9. The number of hydrogen-bond donors (Lipinski definition) is 0. The normalized spacial score (nSPS) is 12.0. The van der Waals surface area contributed by atoms with Crippen molar-refractivity contribution >= 4 is 22.4 Å². The maximum Gasteiger partial charge on any atom is 0.367 e. The summed E-state index contributed by atoms with van der Waals surface area (Å²) in [5, 5.41) is 0. The summed E-state index contributed by atoms with van der Waals surface area (Å²) < 4.78 is 35.6. The highest BCUT2D eigenvalue weighted by molar-refractivity contribution is 7.87. The van der Waals surface area contributed by atoms with Crippen molar-refractivity contribution < 1.29 is 26.9 Å². The van der Waals surface area contributed by atoms with E-state index in [2.05, 4.69) is 0 Å². The fourth-order valence-corrected chi connectivity index (χ4v) is 3.47. The minimum Gasteiger partial charge on any atom is -0.473 e. The number of aldehydes is 1. The van der Waals surface area contributed by atoms with E-state index in [9.17, 15) is 18.0 Å².